The molecule has 0 aliphatic heterocycles. The summed E-state index contributed by atoms with van der Waals surface area (Å²) in [4.78, 5) is 35.2. The molecule has 3 aliphatic carbocycles. The number of rotatable bonds is 12. The molecule has 3 rings (SSSR count). The fourth-order valence-corrected chi connectivity index (χ4v) is 8.37. The minimum atomic E-state index is 0. The molecular formula is C52H112O6. The van der Waals surface area contributed by atoms with Crippen LogP contribution in [-0.4, -0.2) is 37.7 Å². The Balaban J connectivity index is -0.000000127. The van der Waals surface area contributed by atoms with Crippen molar-refractivity contribution in [2.24, 2.45) is 51.8 Å². The Hall–Kier alpha value is -1.59. The predicted molar refractivity (Wildman–Crippen MR) is 259 cm³/mol. The highest BCUT2D eigenvalue weighted by Gasteiger charge is 2.31. The van der Waals surface area contributed by atoms with E-state index in [-0.39, 0.29) is 87.6 Å². The van der Waals surface area contributed by atoms with Gasteiger partial charge >= 0.3 is 17.9 Å². The monoisotopic (exact) mass is 833 g/mol. The molecule has 0 N–H and O–H groups in total. The first-order chi connectivity index (χ1) is 23.8. The van der Waals surface area contributed by atoms with Gasteiger partial charge in [-0.3, -0.25) is 14.4 Å². The van der Waals surface area contributed by atoms with Crippen LogP contribution in [-0.2, 0) is 28.6 Å². The number of esters is 3. The highest BCUT2D eigenvalue weighted by molar-refractivity contribution is 5.73. The number of carbonyl (C=O) groups is 3. The maximum atomic E-state index is 11.7. The van der Waals surface area contributed by atoms with Gasteiger partial charge < -0.3 is 14.2 Å². The topological polar surface area (TPSA) is 78.9 Å². The van der Waals surface area contributed by atoms with E-state index in [1.54, 1.807) is 0 Å². The second-order valence-corrected chi connectivity index (χ2v) is 19.9. The normalized spacial score (nSPS) is 22.6. The van der Waals surface area contributed by atoms with Gasteiger partial charge in [-0.2, -0.15) is 0 Å². The summed E-state index contributed by atoms with van der Waals surface area (Å²) >= 11 is 0. The van der Waals surface area contributed by atoms with Crippen LogP contribution < -0.4 is 0 Å². The standard InChI is InChI=1S/3C15H28O2.7CH4/c3*1-5-10-17-14(16)13-8-6-12(7-9-13)11-15(2,3)4;;;;;;;/h3*12-13H,5-11H2,1-4H3;7*1H4. The van der Waals surface area contributed by atoms with E-state index in [2.05, 4.69) is 62.3 Å². The molecule has 0 aromatic carbocycles. The molecule has 0 amide bonds. The lowest BCUT2D eigenvalue weighted by atomic mass is 9.74. The summed E-state index contributed by atoms with van der Waals surface area (Å²) in [6.45, 7) is 28.6. The Kier molecular flexibility index (Phi) is 44.2. The molecule has 0 atom stereocenters. The highest BCUT2D eigenvalue weighted by atomic mass is 16.5. The van der Waals surface area contributed by atoms with E-state index in [1.807, 2.05) is 20.8 Å². The van der Waals surface area contributed by atoms with Crippen molar-refractivity contribution >= 4 is 17.9 Å². The molecule has 0 heterocycles. The van der Waals surface area contributed by atoms with E-state index < -0.39 is 0 Å². The number of ether oxygens (including phenoxy) is 3. The van der Waals surface area contributed by atoms with Crippen molar-refractivity contribution in [3.63, 3.8) is 0 Å². The Morgan fingerprint density at radius 3 is 0.672 bits per heavy atom. The average molecular weight is 833 g/mol. The highest BCUT2D eigenvalue weighted by Crippen LogP contribution is 2.39. The van der Waals surface area contributed by atoms with Gasteiger partial charge in [0, 0.05) is 0 Å². The summed E-state index contributed by atoms with van der Waals surface area (Å²) in [5, 5.41) is 0. The zero-order chi connectivity index (χ0) is 38.7. The van der Waals surface area contributed by atoms with E-state index in [4.69, 9.17) is 14.2 Å². The van der Waals surface area contributed by atoms with E-state index >= 15 is 0 Å². The first-order valence-corrected chi connectivity index (χ1v) is 21.3. The van der Waals surface area contributed by atoms with Gasteiger partial charge in [0.25, 0.3) is 0 Å². The predicted octanol–water partition coefficient (Wildman–Crippen LogP) is 17.0. The van der Waals surface area contributed by atoms with Gasteiger partial charge in [0.2, 0.25) is 0 Å². The van der Waals surface area contributed by atoms with Gasteiger partial charge in [-0.1, -0.05) is 135 Å². The minimum Gasteiger partial charge on any atom is -0.465 e. The van der Waals surface area contributed by atoms with Crippen molar-refractivity contribution in [3.8, 4) is 0 Å². The van der Waals surface area contributed by atoms with Gasteiger partial charge in [0.05, 0.1) is 37.6 Å². The van der Waals surface area contributed by atoms with Crippen molar-refractivity contribution in [2.45, 2.75) is 251 Å². The van der Waals surface area contributed by atoms with Crippen molar-refractivity contribution in [2.75, 3.05) is 19.8 Å². The average Bonchev–Trinajstić information content (AvgIpc) is 3.04. The van der Waals surface area contributed by atoms with E-state index in [9.17, 15) is 14.4 Å². The molecule has 6 heteroatoms. The van der Waals surface area contributed by atoms with Gasteiger partial charge in [-0.05, 0) is 150 Å². The quantitative estimate of drug-likeness (QED) is 0.144. The van der Waals surface area contributed by atoms with Crippen LogP contribution in [0.3, 0.4) is 0 Å². The fraction of sp³-hybridized carbons (Fsp3) is 0.942. The van der Waals surface area contributed by atoms with Gasteiger partial charge in [-0.25, -0.2) is 0 Å². The molecule has 58 heavy (non-hydrogen) atoms. The Morgan fingerprint density at radius 1 is 0.362 bits per heavy atom. The third-order valence-corrected chi connectivity index (χ3v) is 10.6. The van der Waals surface area contributed by atoms with Crippen molar-refractivity contribution < 1.29 is 28.6 Å². The van der Waals surface area contributed by atoms with Crippen LogP contribution in [0.4, 0.5) is 0 Å². The summed E-state index contributed by atoms with van der Waals surface area (Å²) in [6.07, 6.45) is 20.0. The van der Waals surface area contributed by atoms with Crippen LogP contribution in [0.5, 0.6) is 0 Å². The Labute approximate surface area is 367 Å². The molecule has 0 spiro atoms. The van der Waals surface area contributed by atoms with E-state index in [1.165, 1.54) is 57.8 Å². The molecule has 6 nitrogen and oxygen atoms in total. The summed E-state index contributed by atoms with van der Waals surface area (Å²) in [6, 6.07) is 0. The Bertz CT molecular complexity index is 820. The molecule has 0 unspecified atom stereocenters. The molecule has 0 aromatic heterocycles. The lowest BCUT2D eigenvalue weighted by molar-refractivity contribution is -0.150. The largest absolute Gasteiger partial charge is 0.465 e. The fourth-order valence-electron chi connectivity index (χ4n) is 8.37. The number of hydrogen-bond acceptors (Lipinski definition) is 6. The molecule has 3 aliphatic rings. The van der Waals surface area contributed by atoms with Crippen LogP contribution in [0.15, 0.2) is 0 Å². The molecule has 356 valence electrons. The summed E-state index contributed by atoms with van der Waals surface area (Å²) in [7, 11) is 0. The summed E-state index contributed by atoms with van der Waals surface area (Å²) in [5.74, 6) is 3.09. The first-order valence-electron chi connectivity index (χ1n) is 21.3. The summed E-state index contributed by atoms with van der Waals surface area (Å²) in [5.41, 5.74) is 1.25. The zero-order valence-corrected chi connectivity index (χ0v) is 35.8. The smallest absolute Gasteiger partial charge is 0.308 e. The molecule has 0 aromatic rings. The van der Waals surface area contributed by atoms with E-state index in [0.717, 1.165) is 75.5 Å². The first kappa shape index (κ1) is 70.9. The third kappa shape index (κ3) is 34.2. The molecule has 0 saturated heterocycles. The van der Waals surface area contributed by atoms with Crippen molar-refractivity contribution in [3.05, 3.63) is 0 Å². The van der Waals surface area contributed by atoms with Crippen LogP contribution >= 0.6 is 0 Å². The van der Waals surface area contributed by atoms with Crippen LogP contribution in [0.25, 0.3) is 0 Å². The van der Waals surface area contributed by atoms with Crippen molar-refractivity contribution in [1.29, 1.82) is 0 Å². The lowest BCUT2D eigenvalue weighted by Gasteiger charge is -2.31. The number of carbonyl (C=O) groups excluding carboxylic acids is 3. The van der Waals surface area contributed by atoms with Gasteiger partial charge in [-0.15, -0.1) is 0 Å². The van der Waals surface area contributed by atoms with Crippen LogP contribution in [0.1, 0.15) is 251 Å². The third-order valence-electron chi connectivity index (χ3n) is 10.6. The maximum Gasteiger partial charge on any atom is 0.308 e. The molecule has 3 saturated carbocycles. The minimum absolute atomic E-state index is 0. The van der Waals surface area contributed by atoms with Gasteiger partial charge in [0.1, 0.15) is 0 Å². The molecule has 0 bridgehead atoms. The molecule has 3 fully saturated rings. The zero-order valence-electron chi connectivity index (χ0n) is 35.8. The van der Waals surface area contributed by atoms with Crippen molar-refractivity contribution in [1.82, 2.24) is 0 Å². The number of hydrogen-bond donors (Lipinski definition) is 0. The van der Waals surface area contributed by atoms with Crippen LogP contribution in [0.2, 0.25) is 0 Å². The van der Waals surface area contributed by atoms with E-state index in [0.29, 0.717) is 36.1 Å². The maximum absolute atomic E-state index is 11.7. The van der Waals surface area contributed by atoms with Gasteiger partial charge in [0.15, 0.2) is 0 Å². The summed E-state index contributed by atoms with van der Waals surface area (Å²) < 4.78 is 15.7. The Morgan fingerprint density at radius 2 is 0.534 bits per heavy atom. The lowest BCUT2D eigenvalue weighted by Crippen LogP contribution is -2.25. The SMILES string of the molecule is C.C.C.C.C.C.C.CCCOC(=O)C1CCC(CC(C)(C)C)CC1.CCCOC(=O)C1CCC(CC(C)(C)C)CC1.CCCOC(=O)C1CCC(CC(C)(C)C)CC1. The second-order valence-electron chi connectivity index (χ2n) is 19.9. The second kappa shape index (κ2) is 36.1. The van der Waals surface area contributed by atoms with Crippen LogP contribution in [0, 0.1) is 51.8 Å². The molecular weight excluding hydrogens is 721 g/mol. The molecule has 0 radical (unpaired) electrons.